The van der Waals surface area contributed by atoms with Crippen molar-refractivity contribution in [1.82, 2.24) is 4.98 Å². The minimum atomic E-state index is -0.107. The highest BCUT2D eigenvalue weighted by molar-refractivity contribution is 8.02. The van der Waals surface area contributed by atoms with Crippen LogP contribution in [-0.2, 0) is 9.53 Å². The van der Waals surface area contributed by atoms with E-state index < -0.39 is 0 Å². The number of carbonyl (C=O) groups is 1. The largest absolute Gasteiger partial charge is 0.465 e. The zero-order chi connectivity index (χ0) is 11.0. The molecule has 1 aromatic carbocycles. The summed E-state index contributed by atoms with van der Waals surface area (Å²) >= 11 is 3.15. The predicted molar refractivity (Wildman–Crippen MR) is 64.8 cm³/mol. The van der Waals surface area contributed by atoms with Crippen molar-refractivity contribution in [3.05, 3.63) is 24.3 Å². The average Bonchev–Trinajstić information content (AvgIpc) is 2.85. The van der Waals surface area contributed by atoms with E-state index in [0.29, 0.717) is 6.61 Å². The molecular formula is C11H9NO2S2. The number of ether oxygens (including phenoxy) is 1. The number of thioether (sulfide) groups is 1. The van der Waals surface area contributed by atoms with Gasteiger partial charge in [-0.1, -0.05) is 23.9 Å². The minimum absolute atomic E-state index is 0.0689. The Labute approximate surface area is 101 Å². The molecule has 0 spiro atoms. The molecule has 0 aliphatic carbocycles. The van der Waals surface area contributed by atoms with Gasteiger partial charge < -0.3 is 4.74 Å². The summed E-state index contributed by atoms with van der Waals surface area (Å²) in [5.74, 6) is -0.107. The van der Waals surface area contributed by atoms with Crippen molar-refractivity contribution >= 4 is 39.3 Å². The van der Waals surface area contributed by atoms with Crippen molar-refractivity contribution < 1.29 is 9.53 Å². The summed E-state index contributed by atoms with van der Waals surface area (Å²) in [4.78, 5) is 15.8. The summed E-state index contributed by atoms with van der Waals surface area (Å²) in [7, 11) is 0. The van der Waals surface area contributed by atoms with Crippen LogP contribution in [0.4, 0.5) is 0 Å². The molecule has 1 fully saturated rings. The highest BCUT2D eigenvalue weighted by Crippen LogP contribution is 2.34. The Kier molecular flexibility index (Phi) is 2.57. The number of fused-ring (bicyclic) bond motifs is 1. The highest BCUT2D eigenvalue weighted by Gasteiger charge is 2.28. The standard InChI is InChI=1S/C11H9NO2S2/c13-10-9(5-6-14-10)16-11-12-7-3-1-2-4-8(7)15-11/h1-4,9H,5-6H2/t9-/m1/s1. The Morgan fingerprint density at radius 2 is 2.31 bits per heavy atom. The third-order valence-corrected chi connectivity index (χ3v) is 4.78. The van der Waals surface area contributed by atoms with E-state index in [-0.39, 0.29) is 11.2 Å². The normalized spacial score (nSPS) is 20.2. The van der Waals surface area contributed by atoms with Gasteiger partial charge in [0.2, 0.25) is 0 Å². The molecule has 3 nitrogen and oxygen atoms in total. The number of benzene rings is 1. The van der Waals surface area contributed by atoms with Gasteiger partial charge in [-0.3, -0.25) is 4.79 Å². The van der Waals surface area contributed by atoms with Crippen molar-refractivity contribution in [2.75, 3.05) is 6.61 Å². The molecule has 1 aliphatic rings. The lowest BCUT2D eigenvalue weighted by atomic mass is 10.3. The summed E-state index contributed by atoms with van der Waals surface area (Å²) < 4.78 is 7.04. The van der Waals surface area contributed by atoms with Crippen molar-refractivity contribution in [3.8, 4) is 0 Å². The topological polar surface area (TPSA) is 39.2 Å². The molecule has 1 aliphatic heterocycles. The zero-order valence-corrected chi connectivity index (χ0v) is 10.0. The number of cyclic esters (lactones) is 1. The fourth-order valence-electron chi connectivity index (χ4n) is 1.61. The van der Waals surface area contributed by atoms with Crippen LogP contribution in [0.15, 0.2) is 28.6 Å². The van der Waals surface area contributed by atoms with Gasteiger partial charge in [-0.15, -0.1) is 11.3 Å². The first kappa shape index (κ1) is 10.1. The van der Waals surface area contributed by atoms with Crippen LogP contribution < -0.4 is 0 Å². The number of nitrogens with zero attached hydrogens (tertiary/aromatic N) is 1. The van der Waals surface area contributed by atoms with Crippen LogP contribution in [0.3, 0.4) is 0 Å². The number of hydrogen-bond acceptors (Lipinski definition) is 5. The van der Waals surface area contributed by atoms with Gasteiger partial charge >= 0.3 is 5.97 Å². The Morgan fingerprint density at radius 3 is 3.06 bits per heavy atom. The maximum atomic E-state index is 11.3. The highest BCUT2D eigenvalue weighted by atomic mass is 32.2. The van der Waals surface area contributed by atoms with E-state index in [1.807, 2.05) is 24.3 Å². The minimum Gasteiger partial charge on any atom is -0.465 e. The van der Waals surface area contributed by atoms with E-state index in [9.17, 15) is 4.79 Å². The molecular weight excluding hydrogens is 242 g/mol. The molecule has 0 saturated carbocycles. The second-order valence-corrected chi connectivity index (χ2v) is 5.99. The maximum absolute atomic E-state index is 11.3. The van der Waals surface area contributed by atoms with Gasteiger partial charge in [0, 0.05) is 6.42 Å². The molecule has 2 aromatic rings. The number of hydrogen-bond donors (Lipinski definition) is 0. The van der Waals surface area contributed by atoms with Crippen molar-refractivity contribution in [2.24, 2.45) is 0 Å². The summed E-state index contributed by atoms with van der Waals surface area (Å²) in [6.07, 6.45) is 0.791. The van der Waals surface area contributed by atoms with E-state index in [2.05, 4.69) is 4.98 Å². The van der Waals surface area contributed by atoms with Crippen LogP contribution in [0.2, 0.25) is 0 Å². The molecule has 2 heterocycles. The SMILES string of the molecule is O=C1OCC[C@H]1Sc1nc2ccccc2s1. The quantitative estimate of drug-likeness (QED) is 0.769. The van der Waals surface area contributed by atoms with Crippen LogP contribution >= 0.6 is 23.1 Å². The molecule has 5 heteroatoms. The smallest absolute Gasteiger partial charge is 0.319 e. The van der Waals surface area contributed by atoms with Crippen LogP contribution in [0.1, 0.15) is 6.42 Å². The molecule has 1 saturated heterocycles. The van der Waals surface area contributed by atoms with Gasteiger partial charge in [-0.05, 0) is 12.1 Å². The second kappa shape index (κ2) is 4.07. The molecule has 1 aromatic heterocycles. The first-order valence-electron chi connectivity index (χ1n) is 5.02. The Morgan fingerprint density at radius 1 is 1.44 bits per heavy atom. The lowest BCUT2D eigenvalue weighted by Gasteiger charge is -1.99. The van der Waals surface area contributed by atoms with Crippen LogP contribution in [-0.4, -0.2) is 22.8 Å². The summed E-state index contributed by atoms with van der Waals surface area (Å²) in [5.41, 5.74) is 1.00. The van der Waals surface area contributed by atoms with Crippen molar-refractivity contribution in [1.29, 1.82) is 0 Å². The summed E-state index contributed by atoms with van der Waals surface area (Å²) in [6, 6.07) is 8.01. The summed E-state index contributed by atoms with van der Waals surface area (Å²) in [6.45, 7) is 0.543. The number of aromatic nitrogens is 1. The first-order valence-corrected chi connectivity index (χ1v) is 6.71. The molecule has 0 N–H and O–H groups in total. The van der Waals surface area contributed by atoms with Crippen molar-refractivity contribution in [2.45, 2.75) is 16.0 Å². The Bertz CT molecular complexity index is 505. The van der Waals surface area contributed by atoms with Crippen LogP contribution in [0.5, 0.6) is 0 Å². The molecule has 0 bridgehead atoms. The van der Waals surface area contributed by atoms with E-state index in [4.69, 9.17) is 4.74 Å². The van der Waals surface area contributed by atoms with Crippen molar-refractivity contribution in [3.63, 3.8) is 0 Å². The van der Waals surface area contributed by atoms with Gasteiger partial charge in [0.15, 0.2) is 4.34 Å². The van der Waals surface area contributed by atoms with Gasteiger partial charge in [-0.2, -0.15) is 0 Å². The van der Waals surface area contributed by atoms with E-state index in [1.54, 1.807) is 11.3 Å². The zero-order valence-electron chi connectivity index (χ0n) is 8.38. The van der Waals surface area contributed by atoms with Gasteiger partial charge in [-0.25, -0.2) is 4.98 Å². The van der Waals surface area contributed by atoms with Crippen LogP contribution in [0, 0.1) is 0 Å². The summed E-state index contributed by atoms with van der Waals surface area (Å²) in [5, 5.41) is -0.0689. The lowest BCUT2D eigenvalue weighted by molar-refractivity contribution is -0.137. The maximum Gasteiger partial charge on any atom is 0.319 e. The fraction of sp³-hybridized carbons (Fsp3) is 0.273. The van der Waals surface area contributed by atoms with Crippen LogP contribution in [0.25, 0.3) is 10.2 Å². The monoisotopic (exact) mass is 251 g/mol. The second-order valence-electron chi connectivity index (χ2n) is 3.51. The molecule has 0 radical (unpaired) electrons. The van der Waals surface area contributed by atoms with E-state index in [0.717, 1.165) is 21.0 Å². The Balaban J connectivity index is 1.86. The third kappa shape index (κ3) is 1.81. The average molecular weight is 251 g/mol. The molecule has 16 heavy (non-hydrogen) atoms. The number of rotatable bonds is 2. The number of thiazole rings is 1. The Hall–Kier alpha value is -1.07. The molecule has 3 rings (SSSR count). The number of esters is 1. The number of para-hydroxylation sites is 1. The third-order valence-electron chi connectivity index (χ3n) is 2.40. The molecule has 0 unspecified atom stereocenters. The van der Waals surface area contributed by atoms with Gasteiger partial charge in [0.25, 0.3) is 0 Å². The van der Waals surface area contributed by atoms with Gasteiger partial charge in [0.1, 0.15) is 5.25 Å². The molecule has 82 valence electrons. The first-order chi connectivity index (χ1) is 7.83. The van der Waals surface area contributed by atoms with E-state index >= 15 is 0 Å². The van der Waals surface area contributed by atoms with Gasteiger partial charge in [0.05, 0.1) is 16.8 Å². The molecule has 1 atom stereocenters. The predicted octanol–water partition coefficient (Wildman–Crippen LogP) is 2.70. The lowest BCUT2D eigenvalue weighted by Crippen LogP contribution is -2.08. The number of carbonyl (C=O) groups excluding carboxylic acids is 1. The molecule has 0 amide bonds. The fourth-order valence-corrected chi connectivity index (χ4v) is 3.89. The van der Waals surface area contributed by atoms with E-state index in [1.165, 1.54) is 11.8 Å².